The summed E-state index contributed by atoms with van der Waals surface area (Å²) in [7, 11) is 0. The van der Waals surface area contributed by atoms with E-state index in [0.717, 1.165) is 19.5 Å². The maximum absolute atomic E-state index is 10.8. The average Bonchev–Trinajstić information content (AvgIpc) is 2.38. The molecule has 1 amide bonds. The second-order valence-corrected chi connectivity index (χ2v) is 6.31. The molecule has 0 aliphatic carbocycles. The van der Waals surface area contributed by atoms with Crippen LogP contribution >= 0.6 is 0 Å². The topological polar surface area (TPSA) is 52.6 Å². The van der Waals surface area contributed by atoms with E-state index in [0.29, 0.717) is 5.92 Å². The van der Waals surface area contributed by atoms with Gasteiger partial charge in [-0.05, 0) is 51.2 Å². The van der Waals surface area contributed by atoms with Crippen LogP contribution in [0.4, 0.5) is 10.5 Å². The number of carboxylic acid groups (broad SMARTS) is 1. The van der Waals surface area contributed by atoms with Crippen molar-refractivity contribution >= 4 is 11.8 Å². The SMILES string of the molecule is CC(C)(C[C@H]1CCCN(c2ccccc2)C1)NC(=O)O. The second-order valence-electron chi connectivity index (χ2n) is 6.31. The van der Waals surface area contributed by atoms with E-state index in [1.807, 2.05) is 19.9 Å². The van der Waals surface area contributed by atoms with E-state index in [9.17, 15) is 4.79 Å². The van der Waals surface area contributed by atoms with E-state index in [1.54, 1.807) is 0 Å². The molecule has 0 spiro atoms. The fourth-order valence-corrected chi connectivity index (χ4v) is 3.17. The van der Waals surface area contributed by atoms with Crippen LogP contribution in [-0.4, -0.2) is 29.8 Å². The molecule has 0 aromatic heterocycles. The molecule has 4 heteroatoms. The van der Waals surface area contributed by atoms with Gasteiger partial charge in [0.05, 0.1) is 0 Å². The molecule has 1 aliphatic rings. The zero-order chi connectivity index (χ0) is 14.6. The normalized spacial score (nSPS) is 19.7. The average molecular weight is 276 g/mol. The smallest absolute Gasteiger partial charge is 0.405 e. The van der Waals surface area contributed by atoms with E-state index in [-0.39, 0.29) is 5.54 Å². The first-order valence-electron chi connectivity index (χ1n) is 7.27. The molecule has 0 bridgehead atoms. The van der Waals surface area contributed by atoms with Crippen LogP contribution in [0.2, 0.25) is 0 Å². The minimum absolute atomic E-state index is 0.365. The predicted octanol–water partition coefficient (Wildman–Crippen LogP) is 3.34. The molecule has 1 atom stereocenters. The summed E-state index contributed by atoms with van der Waals surface area (Å²) in [6, 6.07) is 10.4. The minimum atomic E-state index is -0.939. The van der Waals surface area contributed by atoms with Gasteiger partial charge in [0.15, 0.2) is 0 Å². The molecule has 2 N–H and O–H groups in total. The number of rotatable bonds is 4. The van der Waals surface area contributed by atoms with Gasteiger partial charge >= 0.3 is 6.09 Å². The van der Waals surface area contributed by atoms with Crippen LogP contribution in [0.25, 0.3) is 0 Å². The number of para-hydroxylation sites is 1. The maximum Gasteiger partial charge on any atom is 0.405 e. The van der Waals surface area contributed by atoms with Crippen molar-refractivity contribution in [2.45, 2.75) is 38.6 Å². The standard InChI is InChI=1S/C16H24N2O2/c1-16(2,17-15(19)20)11-13-7-6-10-18(12-13)14-8-4-3-5-9-14/h3-5,8-9,13,17H,6-7,10-12H2,1-2H3,(H,19,20)/t13-/m1/s1. The molecule has 0 unspecified atom stereocenters. The fraction of sp³-hybridized carbons (Fsp3) is 0.562. The number of nitrogens with zero attached hydrogens (tertiary/aromatic N) is 1. The first kappa shape index (κ1) is 14.7. The summed E-state index contributed by atoms with van der Waals surface area (Å²) >= 11 is 0. The summed E-state index contributed by atoms with van der Waals surface area (Å²) in [4.78, 5) is 13.2. The van der Waals surface area contributed by atoms with Gasteiger partial charge in [0.1, 0.15) is 0 Å². The van der Waals surface area contributed by atoms with Crippen LogP contribution in [0.1, 0.15) is 33.1 Å². The molecular weight excluding hydrogens is 252 g/mol. The highest BCUT2D eigenvalue weighted by Crippen LogP contribution is 2.28. The Balaban J connectivity index is 1.95. The van der Waals surface area contributed by atoms with Crippen LogP contribution < -0.4 is 10.2 Å². The third-order valence-electron chi connectivity index (χ3n) is 3.88. The molecule has 1 heterocycles. The molecular formula is C16H24N2O2. The molecule has 1 fully saturated rings. The largest absolute Gasteiger partial charge is 0.465 e. The molecule has 1 aliphatic heterocycles. The Morgan fingerprint density at radius 2 is 2.10 bits per heavy atom. The quantitative estimate of drug-likeness (QED) is 0.886. The highest BCUT2D eigenvalue weighted by molar-refractivity contribution is 5.65. The van der Waals surface area contributed by atoms with E-state index >= 15 is 0 Å². The summed E-state index contributed by atoms with van der Waals surface area (Å²) in [5.41, 5.74) is 0.900. The number of hydrogen-bond acceptors (Lipinski definition) is 2. The van der Waals surface area contributed by atoms with Gasteiger partial charge in [-0.15, -0.1) is 0 Å². The van der Waals surface area contributed by atoms with Crippen LogP contribution in [0, 0.1) is 5.92 Å². The lowest BCUT2D eigenvalue weighted by Crippen LogP contribution is -2.46. The van der Waals surface area contributed by atoms with Crippen LogP contribution in [0.3, 0.4) is 0 Å². The molecule has 0 saturated carbocycles. The molecule has 0 radical (unpaired) electrons. The van der Waals surface area contributed by atoms with Gasteiger partial charge in [0.25, 0.3) is 0 Å². The third kappa shape index (κ3) is 4.15. The zero-order valence-corrected chi connectivity index (χ0v) is 12.3. The van der Waals surface area contributed by atoms with Gasteiger partial charge in [-0.2, -0.15) is 0 Å². The van der Waals surface area contributed by atoms with Crippen molar-refractivity contribution in [2.75, 3.05) is 18.0 Å². The molecule has 4 nitrogen and oxygen atoms in total. The lowest BCUT2D eigenvalue weighted by molar-refractivity contribution is 0.174. The van der Waals surface area contributed by atoms with E-state index in [1.165, 1.54) is 18.5 Å². The van der Waals surface area contributed by atoms with Crippen molar-refractivity contribution in [1.82, 2.24) is 5.32 Å². The summed E-state index contributed by atoms with van der Waals surface area (Å²) in [6.07, 6.45) is 2.28. The number of piperidine rings is 1. The van der Waals surface area contributed by atoms with Crippen molar-refractivity contribution in [3.8, 4) is 0 Å². The number of carbonyl (C=O) groups is 1. The van der Waals surface area contributed by atoms with Gasteiger partial charge in [-0.3, -0.25) is 0 Å². The molecule has 2 rings (SSSR count). The summed E-state index contributed by atoms with van der Waals surface area (Å²) in [6.45, 7) is 6.02. The minimum Gasteiger partial charge on any atom is -0.465 e. The van der Waals surface area contributed by atoms with Crippen molar-refractivity contribution in [2.24, 2.45) is 5.92 Å². The molecule has 20 heavy (non-hydrogen) atoms. The Kier molecular flexibility index (Phi) is 4.53. The number of benzene rings is 1. The Labute approximate surface area is 120 Å². The maximum atomic E-state index is 10.8. The number of nitrogens with one attached hydrogen (secondary N) is 1. The van der Waals surface area contributed by atoms with Gasteiger partial charge in [0, 0.05) is 24.3 Å². The summed E-state index contributed by atoms with van der Waals surface area (Å²) in [5.74, 6) is 0.533. The molecule has 1 aromatic rings. The van der Waals surface area contributed by atoms with Gasteiger partial charge < -0.3 is 15.3 Å². The van der Waals surface area contributed by atoms with Crippen molar-refractivity contribution in [3.05, 3.63) is 30.3 Å². The number of anilines is 1. The van der Waals surface area contributed by atoms with E-state index < -0.39 is 6.09 Å². The van der Waals surface area contributed by atoms with Crippen LogP contribution in [0.15, 0.2) is 30.3 Å². The van der Waals surface area contributed by atoms with Crippen LogP contribution in [0.5, 0.6) is 0 Å². The Bertz CT molecular complexity index is 445. The second kappa shape index (κ2) is 6.16. The lowest BCUT2D eigenvalue weighted by Gasteiger charge is -2.38. The summed E-state index contributed by atoms with van der Waals surface area (Å²) in [5, 5.41) is 11.5. The van der Waals surface area contributed by atoms with E-state index in [2.05, 4.69) is 34.5 Å². The predicted molar refractivity (Wildman–Crippen MR) is 81.2 cm³/mol. The first-order chi connectivity index (χ1) is 9.46. The van der Waals surface area contributed by atoms with Gasteiger partial charge in [-0.1, -0.05) is 18.2 Å². The van der Waals surface area contributed by atoms with Crippen LogP contribution in [-0.2, 0) is 0 Å². The van der Waals surface area contributed by atoms with Crippen molar-refractivity contribution in [1.29, 1.82) is 0 Å². The van der Waals surface area contributed by atoms with E-state index in [4.69, 9.17) is 5.11 Å². The monoisotopic (exact) mass is 276 g/mol. The highest BCUT2D eigenvalue weighted by Gasteiger charge is 2.28. The Morgan fingerprint density at radius 1 is 1.40 bits per heavy atom. The summed E-state index contributed by atoms with van der Waals surface area (Å²) < 4.78 is 0. The Hall–Kier alpha value is -1.71. The third-order valence-corrected chi connectivity index (χ3v) is 3.88. The first-order valence-corrected chi connectivity index (χ1v) is 7.27. The van der Waals surface area contributed by atoms with Crippen molar-refractivity contribution in [3.63, 3.8) is 0 Å². The Morgan fingerprint density at radius 3 is 2.75 bits per heavy atom. The zero-order valence-electron chi connectivity index (χ0n) is 12.3. The number of amides is 1. The highest BCUT2D eigenvalue weighted by atomic mass is 16.4. The van der Waals surface area contributed by atoms with Gasteiger partial charge in [-0.25, -0.2) is 4.79 Å². The van der Waals surface area contributed by atoms with Crippen molar-refractivity contribution < 1.29 is 9.90 Å². The fourth-order valence-electron chi connectivity index (χ4n) is 3.17. The molecule has 1 aromatic carbocycles. The lowest BCUT2D eigenvalue weighted by atomic mass is 9.85. The molecule has 110 valence electrons. The number of hydrogen-bond donors (Lipinski definition) is 2. The van der Waals surface area contributed by atoms with Gasteiger partial charge in [0.2, 0.25) is 0 Å². The molecule has 1 saturated heterocycles.